The Kier molecular flexibility index (Phi) is 2.22. The number of rotatable bonds is 1. The number of hydrogen-bond donors (Lipinski definition) is 0. The number of pyridine rings is 1. The van der Waals surface area contributed by atoms with E-state index in [0.29, 0.717) is 10.8 Å². The van der Waals surface area contributed by atoms with Crippen LogP contribution in [-0.4, -0.2) is 18.1 Å². The Balaban J connectivity index is 1.90. The third-order valence-corrected chi connectivity index (χ3v) is 4.81. The van der Waals surface area contributed by atoms with Crippen molar-refractivity contribution < 1.29 is 8.78 Å². The number of halogens is 2. The molecular formula is C16H16F2N2. The van der Waals surface area contributed by atoms with Crippen LogP contribution in [0.15, 0.2) is 18.2 Å². The SMILES string of the molecule is Cc1cc(N2CC3CC3(C)C2)c2cc(F)cc(F)c2n1. The second-order valence-electron chi connectivity index (χ2n) is 6.50. The summed E-state index contributed by atoms with van der Waals surface area (Å²) < 4.78 is 27.5. The monoisotopic (exact) mass is 274 g/mol. The van der Waals surface area contributed by atoms with Crippen LogP contribution in [0.1, 0.15) is 19.0 Å². The Morgan fingerprint density at radius 3 is 2.80 bits per heavy atom. The topological polar surface area (TPSA) is 16.1 Å². The Bertz CT molecular complexity index is 728. The summed E-state index contributed by atoms with van der Waals surface area (Å²) in [4.78, 5) is 6.48. The molecule has 1 aliphatic heterocycles. The molecule has 2 nitrogen and oxygen atoms in total. The first-order valence-corrected chi connectivity index (χ1v) is 6.98. The lowest BCUT2D eigenvalue weighted by Gasteiger charge is -2.24. The molecule has 0 amide bonds. The minimum absolute atomic E-state index is 0.270. The number of piperidine rings is 1. The maximum Gasteiger partial charge on any atom is 0.152 e. The molecule has 2 unspecified atom stereocenters. The van der Waals surface area contributed by atoms with Gasteiger partial charge in [-0.3, -0.25) is 0 Å². The molecule has 4 heteroatoms. The van der Waals surface area contributed by atoms with E-state index in [4.69, 9.17) is 0 Å². The van der Waals surface area contributed by atoms with Crippen LogP contribution in [0.4, 0.5) is 14.5 Å². The number of aryl methyl sites for hydroxylation is 1. The van der Waals surface area contributed by atoms with Crippen LogP contribution in [0.25, 0.3) is 10.9 Å². The average molecular weight is 274 g/mol. The van der Waals surface area contributed by atoms with Crippen molar-refractivity contribution in [2.24, 2.45) is 11.3 Å². The van der Waals surface area contributed by atoms with Crippen LogP contribution >= 0.6 is 0 Å². The lowest BCUT2D eigenvalue weighted by Crippen LogP contribution is -2.24. The highest BCUT2D eigenvalue weighted by atomic mass is 19.1. The summed E-state index contributed by atoms with van der Waals surface area (Å²) >= 11 is 0. The molecule has 4 rings (SSSR count). The van der Waals surface area contributed by atoms with Gasteiger partial charge in [-0.1, -0.05) is 6.92 Å². The molecule has 2 aromatic rings. The molecule has 0 N–H and O–H groups in total. The molecule has 2 atom stereocenters. The molecule has 20 heavy (non-hydrogen) atoms. The molecule has 1 saturated carbocycles. The number of fused-ring (bicyclic) bond motifs is 2. The molecule has 1 aromatic heterocycles. The van der Waals surface area contributed by atoms with E-state index in [0.717, 1.165) is 36.5 Å². The molecule has 1 aliphatic carbocycles. The quantitative estimate of drug-likeness (QED) is 0.788. The highest BCUT2D eigenvalue weighted by molar-refractivity contribution is 5.92. The van der Waals surface area contributed by atoms with Crippen molar-refractivity contribution in [1.82, 2.24) is 4.98 Å². The number of hydrogen-bond acceptors (Lipinski definition) is 2. The largest absolute Gasteiger partial charge is 0.370 e. The zero-order valence-corrected chi connectivity index (χ0v) is 11.6. The Hall–Kier alpha value is -1.71. The van der Waals surface area contributed by atoms with E-state index < -0.39 is 11.6 Å². The van der Waals surface area contributed by atoms with Gasteiger partial charge in [0.25, 0.3) is 0 Å². The van der Waals surface area contributed by atoms with E-state index >= 15 is 0 Å². The van der Waals surface area contributed by atoms with Gasteiger partial charge in [-0.2, -0.15) is 0 Å². The van der Waals surface area contributed by atoms with Gasteiger partial charge in [0.15, 0.2) is 5.82 Å². The molecule has 0 bridgehead atoms. The Morgan fingerprint density at radius 1 is 1.30 bits per heavy atom. The van der Waals surface area contributed by atoms with Gasteiger partial charge < -0.3 is 4.90 Å². The second kappa shape index (κ2) is 3.68. The van der Waals surface area contributed by atoms with Gasteiger partial charge in [-0.05, 0) is 36.8 Å². The molecule has 2 heterocycles. The first-order valence-electron chi connectivity index (χ1n) is 6.98. The van der Waals surface area contributed by atoms with Gasteiger partial charge in [-0.15, -0.1) is 0 Å². The summed E-state index contributed by atoms with van der Waals surface area (Å²) in [6.07, 6.45) is 1.27. The van der Waals surface area contributed by atoms with Crippen LogP contribution in [0.2, 0.25) is 0 Å². The van der Waals surface area contributed by atoms with Crippen LogP contribution in [0.3, 0.4) is 0 Å². The van der Waals surface area contributed by atoms with Crippen molar-refractivity contribution in [3.63, 3.8) is 0 Å². The average Bonchev–Trinajstić information content (AvgIpc) is 2.88. The van der Waals surface area contributed by atoms with Crippen LogP contribution in [-0.2, 0) is 0 Å². The minimum atomic E-state index is -0.583. The van der Waals surface area contributed by atoms with Gasteiger partial charge >= 0.3 is 0 Å². The van der Waals surface area contributed by atoms with Crippen LogP contribution < -0.4 is 4.90 Å². The number of nitrogens with zero attached hydrogens (tertiary/aromatic N) is 2. The third kappa shape index (κ3) is 1.63. The Morgan fingerprint density at radius 2 is 2.10 bits per heavy atom. The van der Waals surface area contributed by atoms with Crippen LogP contribution in [0, 0.1) is 29.9 Å². The third-order valence-electron chi connectivity index (χ3n) is 4.81. The molecule has 104 valence electrons. The number of aromatic nitrogens is 1. The maximum atomic E-state index is 13.9. The first-order chi connectivity index (χ1) is 9.46. The van der Waals surface area contributed by atoms with E-state index in [1.54, 1.807) is 0 Å². The molecule has 2 fully saturated rings. The van der Waals surface area contributed by atoms with Gasteiger partial charge in [0.05, 0.1) is 0 Å². The molecule has 0 radical (unpaired) electrons. The van der Waals surface area contributed by atoms with Crippen molar-refractivity contribution in [2.45, 2.75) is 20.3 Å². The van der Waals surface area contributed by atoms with E-state index in [2.05, 4.69) is 16.8 Å². The maximum absolute atomic E-state index is 13.9. The van der Waals surface area contributed by atoms with Crippen LogP contribution in [0.5, 0.6) is 0 Å². The van der Waals surface area contributed by atoms with Crippen molar-refractivity contribution >= 4 is 16.6 Å². The predicted molar refractivity (Wildman–Crippen MR) is 74.8 cm³/mol. The van der Waals surface area contributed by atoms with Gasteiger partial charge in [-0.25, -0.2) is 13.8 Å². The van der Waals surface area contributed by atoms with Crippen molar-refractivity contribution in [3.05, 3.63) is 35.5 Å². The van der Waals surface area contributed by atoms with Crippen molar-refractivity contribution in [3.8, 4) is 0 Å². The summed E-state index contributed by atoms with van der Waals surface area (Å²) in [6.45, 7) is 6.08. The molecule has 1 aromatic carbocycles. The molecule has 2 aliphatic rings. The fourth-order valence-electron chi connectivity index (χ4n) is 3.55. The second-order valence-corrected chi connectivity index (χ2v) is 6.50. The fourth-order valence-corrected chi connectivity index (χ4v) is 3.55. The summed E-state index contributed by atoms with van der Waals surface area (Å²) in [5.41, 5.74) is 2.35. The van der Waals surface area contributed by atoms with E-state index in [-0.39, 0.29) is 5.52 Å². The highest BCUT2D eigenvalue weighted by Crippen LogP contribution is 2.58. The minimum Gasteiger partial charge on any atom is -0.370 e. The van der Waals surface area contributed by atoms with Gasteiger partial charge in [0.1, 0.15) is 11.3 Å². The Labute approximate surface area is 116 Å². The van der Waals surface area contributed by atoms with Gasteiger partial charge in [0.2, 0.25) is 0 Å². The zero-order chi connectivity index (χ0) is 14.1. The normalized spacial score (nSPS) is 28.0. The predicted octanol–water partition coefficient (Wildman–Crippen LogP) is 3.67. The summed E-state index contributed by atoms with van der Waals surface area (Å²) in [5, 5.41) is 0.581. The number of benzene rings is 1. The first kappa shape index (κ1) is 12.1. The van der Waals surface area contributed by atoms with Crippen molar-refractivity contribution in [1.29, 1.82) is 0 Å². The lowest BCUT2D eigenvalue weighted by molar-refractivity contribution is 0.589. The summed E-state index contributed by atoms with van der Waals surface area (Å²) in [7, 11) is 0. The number of anilines is 1. The van der Waals surface area contributed by atoms with E-state index in [9.17, 15) is 8.78 Å². The van der Waals surface area contributed by atoms with E-state index in [1.165, 1.54) is 12.5 Å². The highest BCUT2D eigenvalue weighted by Gasteiger charge is 2.56. The smallest absolute Gasteiger partial charge is 0.152 e. The summed E-state index contributed by atoms with van der Waals surface area (Å²) in [6, 6.07) is 4.24. The zero-order valence-electron chi connectivity index (χ0n) is 11.6. The van der Waals surface area contributed by atoms with E-state index in [1.807, 2.05) is 13.0 Å². The summed E-state index contributed by atoms with van der Waals surface area (Å²) in [5.74, 6) is -0.401. The van der Waals surface area contributed by atoms with Crippen molar-refractivity contribution in [2.75, 3.05) is 18.0 Å². The molecular weight excluding hydrogens is 258 g/mol. The molecule has 0 spiro atoms. The standard InChI is InChI=1S/C16H16F2N2/c1-9-3-14(20-7-10-6-16(10,2)8-20)12-4-11(17)5-13(18)15(12)19-9/h3-5,10H,6-8H2,1-2H3. The molecule has 1 saturated heterocycles. The van der Waals surface area contributed by atoms with Gasteiger partial charge in [0, 0.05) is 35.9 Å². The fraction of sp³-hybridized carbons (Fsp3) is 0.438. The lowest BCUT2D eigenvalue weighted by atomic mass is 10.1.